The summed E-state index contributed by atoms with van der Waals surface area (Å²) in [6.07, 6.45) is 0. The number of nitrogens with zero attached hydrogens (tertiary/aromatic N) is 3. The molecule has 1 aliphatic heterocycles. The Morgan fingerprint density at radius 3 is 2.81 bits per heavy atom. The predicted molar refractivity (Wildman–Crippen MR) is 62.4 cm³/mol. The lowest BCUT2D eigenvalue weighted by Crippen LogP contribution is -2.02. The van der Waals surface area contributed by atoms with Gasteiger partial charge in [0.15, 0.2) is 11.0 Å². The van der Waals surface area contributed by atoms with Crippen LogP contribution in [0.5, 0.6) is 5.75 Å². The van der Waals surface area contributed by atoms with Gasteiger partial charge in [0.05, 0.1) is 0 Å². The molecule has 0 saturated carbocycles. The number of aromatic hydroxyl groups is 1. The molecule has 0 aliphatic carbocycles. The molecule has 0 saturated heterocycles. The Morgan fingerprint density at radius 2 is 2.06 bits per heavy atom. The average molecular weight is 233 g/mol. The molecule has 82 valence electrons. The lowest BCUT2D eigenvalue weighted by Gasteiger charge is -2.03. The summed E-state index contributed by atoms with van der Waals surface area (Å²) in [5.74, 6) is 1.15. The number of phenols is 1. The maximum absolute atomic E-state index is 9.24. The zero-order valence-corrected chi connectivity index (χ0v) is 9.61. The summed E-state index contributed by atoms with van der Waals surface area (Å²) in [6.45, 7) is 3.13. The molecule has 2 heterocycles. The summed E-state index contributed by atoms with van der Waals surface area (Å²) >= 11 is 1.75. The van der Waals surface area contributed by atoms with Crippen molar-refractivity contribution in [2.45, 2.75) is 23.9 Å². The van der Waals surface area contributed by atoms with Crippen LogP contribution in [0.25, 0.3) is 11.4 Å². The number of hydrogen-bond donors (Lipinski definition) is 1. The van der Waals surface area contributed by atoms with E-state index >= 15 is 0 Å². The zero-order valence-electron chi connectivity index (χ0n) is 8.79. The van der Waals surface area contributed by atoms with Crippen molar-refractivity contribution < 1.29 is 5.11 Å². The normalized spacial score (nSPS) is 18.7. The lowest BCUT2D eigenvalue weighted by molar-refractivity contribution is 0.475. The monoisotopic (exact) mass is 233 g/mol. The molecule has 0 fully saturated rings. The fourth-order valence-corrected chi connectivity index (χ4v) is 2.80. The number of hydrogen-bond acceptors (Lipinski definition) is 4. The molecule has 1 N–H and O–H groups in total. The Bertz CT molecular complexity index is 521. The highest BCUT2D eigenvalue weighted by atomic mass is 32.2. The number of fused-ring (bicyclic) bond motifs is 1. The molecule has 1 aromatic carbocycles. The smallest absolute Gasteiger partial charge is 0.191 e. The minimum Gasteiger partial charge on any atom is -0.508 e. The Morgan fingerprint density at radius 1 is 1.31 bits per heavy atom. The highest BCUT2D eigenvalue weighted by Gasteiger charge is 2.24. The van der Waals surface area contributed by atoms with Crippen molar-refractivity contribution in [3.63, 3.8) is 0 Å². The minimum atomic E-state index is 0.271. The van der Waals surface area contributed by atoms with Gasteiger partial charge in [-0.25, -0.2) is 0 Å². The van der Waals surface area contributed by atoms with Crippen molar-refractivity contribution in [2.24, 2.45) is 0 Å². The molecule has 16 heavy (non-hydrogen) atoms. The molecule has 1 aliphatic rings. The number of phenolic OH excluding ortho intramolecular Hbond substituents is 1. The van der Waals surface area contributed by atoms with Gasteiger partial charge in [0.1, 0.15) is 5.75 Å². The van der Waals surface area contributed by atoms with Gasteiger partial charge in [-0.2, -0.15) is 0 Å². The second-order valence-corrected chi connectivity index (χ2v) is 5.30. The van der Waals surface area contributed by atoms with Crippen molar-refractivity contribution in [1.29, 1.82) is 0 Å². The van der Waals surface area contributed by atoms with Gasteiger partial charge >= 0.3 is 0 Å². The molecule has 2 aromatic rings. The lowest BCUT2D eigenvalue weighted by atomic mass is 10.2. The first-order chi connectivity index (χ1) is 7.74. The largest absolute Gasteiger partial charge is 0.508 e. The van der Waals surface area contributed by atoms with E-state index in [0.29, 0.717) is 5.25 Å². The molecule has 0 spiro atoms. The van der Waals surface area contributed by atoms with E-state index in [1.165, 1.54) is 0 Å². The fraction of sp³-hybridized carbons (Fsp3) is 0.273. The molecular weight excluding hydrogens is 222 g/mol. The predicted octanol–water partition coefficient (Wildman–Crippen LogP) is 2.14. The van der Waals surface area contributed by atoms with Crippen LogP contribution in [0.3, 0.4) is 0 Å². The molecule has 0 amide bonds. The first-order valence-electron chi connectivity index (χ1n) is 5.13. The molecule has 3 rings (SSSR count). The van der Waals surface area contributed by atoms with E-state index in [-0.39, 0.29) is 5.75 Å². The van der Waals surface area contributed by atoms with E-state index in [1.54, 1.807) is 23.9 Å². The first kappa shape index (κ1) is 9.72. The average Bonchev–Trinajstić information content (AvgIpc) is 2.78. The third-order valence-corrected chi connectivity index (χ3v) is 3.65. The van der Waals surface area contributed by atoms with Crippen LogP contribution in [0.1, 0.15) is 6.92 Å². The molecule has 1 unspecified atom stereocenters. The van der Waals surface area contributed by atoms with E-state index in [2.05, 4.69) is 21.7 Å². The third-order valence-electron chi connectivity index (χ3n) is 2.59. The topological polar surface area (TPSA) is 50.9 Å². The molecule has 5 heteroatoms. The molecule has 1 atom stereocenters. The van der Waals surface area contributed by atoms with Gasteiger partial charge in [0.25, 0.3) is 0 Å². The maximum Gasteiger partial charge on any atom is 0.191 e. The van der Waals surface area contributed by atoms with E-state index in [9.17, 15) is 5.11 Å². The van der Waals surface area contributed by atoms with Crippen LogP contribution < -0.4 is 0 Å². The molecular formula is C11H11N3OS. The minimum absolute atomic E-state index is 0.271. The second-order valence-electron chi connectivity index (χ2n) is 3.89. The number of thioether (sulfide) groups is 1. The standard InChI is InChI=1S/C11H11N3OS/c1-7-6-14-10(12-13-11(14)16-7)8-2-4-9(15)5-3-8/h2-5,7,15H,6H2,1H3. The second kappa shape index (κ2) is 3.52. The van der Waals surface area contributed by atoms with Crippen molar-refractivity contribution in [3.8, 4) is 17.1 Å². The highest BCUT2D eigenvalue weighted by molar-refractivity contribution is 7.99. The van der Waals surface area contributed by atoms with Crippen molar-refractivity contribution in [2.75, 3.05) is 0 Å². The van der Waals surface area contributed by atoms with Crippen LogP contribution in [0.2, 0.25) is 0 Å². The number of rotatable bonds is 1. The van der Waals surface area contributed by atoms with E-state index in [1.807, 2.05) is 12.1 Å². The third kappa shape index (κ3) is 1.48. The van der Waals surface area contributed by atoms with Gasteiger partial charge in [0, 0.05) is 17.4 Å². The molecule has 0 bridgehead atoms. The number of benzene rings is 1. The Hall–Kier alpha value is -1.49. The summed E-state index contributed by atoms with van der Waals surface area (Å²) in [7, 11) is 0. The van der Waals surface area contributed by atoms with Crippen LogP contribution in [0.4, 0.5) is 0 Å². The van der Waals surface area contributed by atoms with Crippen LogP contribution >= 0.6 is 11.8 Å². The van der Waals surface area contributed by atoms with Crippen molar-refractivity contribution in [3.05, 3.63) is 24.3 Å². The summed E-state index contributed by atoms with van der Waals surface area (Å²) in [5, 5.41) is 19.1. The van der Waals surface area contributed by atoms with Crippen LogP contribution in [-0.4, -0.2) is 25.1 Å². The van der Waals surface area contributed by atoms with Crippen molar-refractivity contribution in [1.82, 2.24) is 14.8 Å². The van der Waals surface area contributed by atoms with Gasteiger partial charge in [-0.3, -0.25) is 0 Å². The zero-order chi connectivity index (χ0) is 11.1. The quantitative estimate of drug-likeness (QED) is 0.820. The number of aromatic nitrogens is 3. The van der Waals surface area contributed by atoms with Crippen LogP contribution in [-0.2, 0) is 6.54 Å². The Labute approximate surface area is 97.3 Å². The fourth-order valence-electron chi connectivity index (χ4n) is 1.84. The molecule has 4 nitrogen and oxygen atoms in total. The van der Waals surface area contributed by atoms with Gasteiger partial charge in [-0.15, -0.1) is 10.2 Å². The molecule has 1 aromatic heterocycles. The van der Waals surface area contributed by atoms with Gasteiger partial charge in [-0.1, -0.05) is 18.7 Å². The Balaban J connectivity index is 2.05. The van der Waals surface area contributed by atoms with Crippen LogP contribution in [0.15, 0.2) is 29.4 Å². The summed E-state index contributed by atoms with van der Waals surface area (Å²) < 4.78 is 2.13. The summed E-state index contributed by atoms with van der Waals surface area (Å²) in [6, 6.07) is 7.06. The first-order valence-corrected chi connectivity index (χ1v) is 6.01. The van der Waals surface area contributed by atoms with Gasteiger partial charge in [-0.05, 0) is 24.3 Å². The highest BCUT2D eigenvalue weighted by Crippen LogP contribution is 2.34. The van der Waals surface area contributed by atoms with Gasteiger partial charge in [0.2, 0.25) is 0 Å². The van der Waals surface area contributed by atoms with E-state index < -0.39 is 0 Å². The summed E-state index contributed by atoms with van der Waals surface area (Å²) in [4.78, 5) is 0. The molecule has 0 radical (unpaired) electrons. The van der Waals surface area contributed by atoms with Crippen LogP contribution in [0, 0.1) is 0 Å². The summed E-state index contributed by atoms with van der Waals surface area (Å²) in [5.41, 5.74) is 0.992. The maximum atomic E-state index is 9.24. The van der Waals surface area contributed by atoms with Crippen molar-refractivity contribution >= 4 is 11.8 Å². The van der Waals surface area contributed by atoms with E-state index in [4.69, 9.17) is 0 Å². The van der Waals surface area contributed by atoms with E-state index in [0.717, 1.165) is 23.1 Å². The SMILES string of the molecule is CC1Cn2c(nnc2-c2ccc(O)cc2)S1. The Kier molecular flexibility index (Phi) is 2.14. The van der Waals surface area contributed by atoms with Gasteiger partial charge < -0.3 is 9.67 Å².